The molecule has 15 heavy (non-hydrogen) atoms. The van der Waals surface area contributed by atoms with E-state index in [0.29, 0.717) is 23.7 Å². The third-order valence-corrected chi connectivity index (χ3v) is 5.75. The highest BCUT2D eigenvalue weighted by molar-refractivity contribution is 7.99. The lowest BCUT2D eigenvalue weighted by molar-refractivity contribution is -0.358. The Balaban J connectivity index is 1.74. The molecule has 5 fully saturated rings. The van der Waals surface area contributed by atoms with Crippen LogP contribution >= 0.6 is 11.8 Å². The molecule has 2 bridgehead atoms. The van der Waals surface area contributed by atoms with Gasteiger partial charge in [0, 0.05) is 23.7 Å². The molecule has 0 aromatic carbocycles. The first kappa shape index (κ1) is 8.31. The van der Waals surface area contributed by atoms with E-state index < -0.39 is 5.12 Å². The van der Waals surface area contributed by atoms with E-state index in [2.05, 4.69) is 0 Å². The monoisotopic (exact) mass is 228 g/mol. The highest BCUT2D eigenvalue weighted by atomic mass is 32.2. The van der Waals surface area contributed by atoms with Gasteiger partial charge in [-0.3, -0.25) is 0 Å². The SMILES string of the molecule is CS[C@@]12O[C@H]3O[C@H]4O[C@@H](O1)[C@@H]1[C@H]4C[C@H]3[C@@H]12. The van der Waals surface area contributed by atoms with Gasteiger partial charge >= 0.3 is 0 Å². The molecule has 5 aliphatic rings. The molecule has 0 aromatic rings. The van der Waals surface area contributed by atoms with Crippen LogP contribution in [0.2, 0.25) is 0 Å². The molecule has 8 atom stereocenters. The Hall–Kier alpha value is 0.190. The van der Waals surface area contributed by atoms with E-state index in [-0.39, 0.29) is 18.9 Å². The molecule has 4 aliphatic heterocycles. The molecule has 0 aromatic heterocycles. The first-order valence-electron chi connectivity index (χ1n) is 5.54. The maximum absolute atomic E-state index is 5.99. The van der Waals surface area contributed by atoms with Gasteiger partial charge in [-0.2, -0.15) is 0 Å². The van der Waals surface area contributed by atoms with Gasteiger partial charge in [0.15, 0.2) is 18.9 Å². The van der Waals surface area contributed by atoms with Crippen LogP contribution in [0.15, 0.2) is 0 Å². The number of thioether (sulfide) groups is 1. The first-order valence-corrected chi connectivity index (χ1v) is 6.76. The Morgan fingerprint density at radius 2 is 1.87 bits per heavy atom. The smallest absolute Gasteiger partial charge is 0.226 e. The van der Waals surface area contributed by atoms with Crippen LogP contribution in [-0.2, 0) is 18.9 Å². The van der Waals surface area contributed by atoms with Crippen LogP contribution in [0, 0.1) is 23.7 Å². The topological polar surface area (TPSA) is 36.9 Å². The summed E-state index contributed by atoms with van der Waals surface area (Å²) in [4.78, 5) is 0. The van der Waals surface area contributed by atoms with Crippen molar-refractivity contribution in [3.63, 3.8) is 0 Å². The molecule has 1 saturated carbocycles. The molecule has 4 saturated heterocycles. The van der Waals surface area contributed by atoms with E-state index >= 15 is 0 Å². The van der Waals surface area contributed by atoms with E-state index in [9.17, 15) is 0 Å². The minimum atomic E-state index is -0.467. The zero-order valence-corrected chi connectivity index (χ0v) is 9.11. The lowest BCUT2D eigenvalue weighted by atomic mass is 9.91. The summed E-state index contributed by atoms with van der Waals surface area (Å²) in [6.45, 7) is 0. The predicted octanol–water partition coefficient (Wildman–Crippen LogP) is 0.971. The molecular weight excluding hydrogens is 216 g/mol. The molecule has 4 heterocycles. The second kappa shape index (κ2) is 2.24. The zero-order chi connectivity index (χ0) is 9.78. The Morgan fingerprint density at radius 3 is 2.73 bits per heavy atom. The van der Waals surface area contributed by atoms with Gasteiger partial charge in [0.1, 0.15) is 0 Å². The number of ether oxygens (including phenoxy) is 4. The van der Waals surface area contributed by atoms with E-state index in [1.54, 1.807) is 11.8 Å². The van der Waals surface area contributed by atoms with Gasteiger partial charge in [-0.05, 0) is 12.7 Å². The molecule has 0 unspecified atom stereocenters. The van der Waals surface area contributed by atoms with Crippen molar-refractivity contribution in [2.45, 2.75) is 30.4 Å². The van der Waals surface area contributed by atoms with Gasteiger partial charge in [-0.1, -0.05) is 0 Å². The summed E-state index contributed by atoms with van der Waals surface area (Å²) in [7, 11) is 0. The molecule has 5 heteroatoms. The van der Waals surface area contributed by atoms with Crippen LogP contribution < -0.4 is 0 Å². The fourth-order valence-corrected chi connectivity index (χ4v) is 5.25. The summed E-state index contributed by atoms with van der Waals surface area (Å²) in [5.74, 6) is 2.09. The van der Waals surface area contributed by atoms with E-state index in [1.165, 1.54) is 6.42 Å². The molecule has 0 spiro atoms. The van der Waals surface area contributed by atoms with Gasteiger partial charge in [0.2, 0.25) is 5.12 Å². The van der Waals surface area contributed by atoms with E-state index in [0.717, 1.165) is 0 Å². The fourth-order valence-electron chi connectivity index (χ4n) is 4.26. The summed E-state index contributed by atoms with van der Waals surface area (Å²) >= 11 is 1.66. The first-order chi connectivity index (χ1) is 7.32. The average molecular weight is 228 g/mol. The maximum Gasteiger partial charge on any atom is 0.226 e. The Morgan fingerprint density at radius 1 is 1.07 bits per heavy atom. The van der Waals surface area contributed by atoms with E-state index in [1.807, 2.05) is 6.26 Å². The molecule has 0 amide bonds. The molecular formula is C10H12O4S. The highest BCUT2D eigenvalue weighted by Crippen LogP contribution is 2.70. The minimum absolute atomic E-state index is 0.0635. The van der Waals surface area contributed by atoms with Gasteiger partial charge in [0.05, 0.1) is 0 Å². The summed E-state index contributed by atoms with van der Waals surface area (Å²) in [5.41, 5.74) is 0. The number of hydrogen-bond donors (Lipinski definition) is 0. The summed E-state index contributed by atoms with van der Waals surface area (Å²) in [5, 5.41) is -0.467. The van der Waals surface area contributed by atoms with Crippen LogP contribution in [0.5, 0.6) is 0 Å². The normalized spacial score (nSPS) is 72.2. The van der Waals surface area contributed by atoms with Crippen molar-refractivity contribution < 1.29 is 18.9 Å². The van der Waals surface area contributed by atoms with Crippen molar-refractivity contribution in [2.24, 2.45) is 23.7 Å². The van der Waals surface area contributed by atoms with Gasteiger partial charge in [0.25, 0.3) is 0 Å². The van der Waals surface area contributed by atoms with E-state index in [4.69, 9.17) is 18.9 Å². The fraction of sp³-hybridized carbons (Fsp3) is 1.00. The lowest BCUT2D eigenvalue weighted by Gasteiger charge is -2.34. The van der Waals surface area contributed by atoms with Gasteiger partial charge in [-0.25, -0.2) is 0 Å². The number of rotatable bonds is 1. The second-order valence-corrected chi connectivity index (χ2v) is 6.06. The van der Waals surface area contributed by atoms with Crippen molar-refractivity contribution in [2.75, 3.05) is 6.26 Å². The van der Waals surface area contributed by atoms with Crippen molar-refractivity contribution in [1.29, 1.82) is 0 Å². The molecule has 0 radical (unpaired) electrons. The third kappa shape index (κ3) is 0.692. The lowest BCUT2D eigenvalue weighted by Crippen LogP contribution is -2.40. The van der Waals surface area contributed by atoms with Crippen molar-refractivity contribution in [3.05, 3.63) is 0 Å². The van der Waals surface area contributed by atoms with Crippen molar-refractivity contribution in [3.8, 4) is 0 Å². The summed E-state index contributed by atoms with van der Waals surface area (Å²) in [6.07, 6.45) is 3.02. The minimum Gasteiger partial charge on any atom is -0.323 e. The van der Waals surface area contributed by atoms with Crippen LogP contribution in [0.4, 0.5) is 0 Å². The highest BCUT2D eigenvalue weighted by Gasteiger charge is 2.77. The van der Waals surface area contributed by atoms with Crippen LogP contribution in [0.3, 0.4) is 0 Å². The zero-order valence-electron chi connectivity index (χ0n) is 8.29. The van der Waals surface area contributed by atoms with Gasteiger partial charge in [-0.15, -0.1) is 11.8 Å². The molecule has 1 aliphatic carbocycles. The third-order valence-electron chi connectivity index (χ3n) is 4.72. The quantitative estimate of drug-likeness (QED) is 0.668. The predicted molar refractivity (Wildman–Crippen MR) is 50.5 cm³/mol. The molecule has 82 valence electrons. The molecule has 4 nitrogen and oxygen atoms in total. The van der Waals surface area contributed by atoms with Crippen LogP contribution in [-0.4, -0.2) is 30.2 Å². The maximum atomic E-state index is 5.99. The van der Waals surface area contributed by atoms with Gasteiger partial charge < -0.3 is 18.9 Å². The van der Waals surface area contributed by atoms with Crippen LogP contribution in [0.25, 0.3) is 0 Å². The molecule has 0 N–H and O–H groups in total. The Labute approximate surface area is 91.6 Å². The van der Waals surface area contributed by atoms with Crippen LogP contribution in [0.1, 0.15) is 6.42 Å². The second-order valence-electron chi connectivity index (χ2n) is 5.09. The number of hydrogen-bond acceptors (Lipinski definition) is 5. The Kier molecular flexibility index (Phi) is 1.24. The van der Waals surface area contributed by atoms with Crippen molar-refractivity contribution in [1.82, 2.24) is 0 Å². The average Bonchev–Trinajstić information content (AvgIpc) is 2.86. The Bertz CT molecular complexity index is 344. The standard InChI is InChI=1S/C10H12O4S/c1-15-10-6-4-2-3-5(6)9(14-10)12-7(3)11-8(4)13-10/h3-9H,2H2,1H3/t3-,4+,5-,6+,7+,8-,9+,10+/m1/s1. The van der Waals surface area contributed by atoms with Crippen molar-refractivity contribution >= 4 is 11.8 Å². The summed E-state index contributed by atoms with van der Waals surface area (Å²) < 4.78 is 23.6. The largest absolute Gasteiger partial charge is 0.323 e. The summed E-state index contributed by atoms with van der Waals surface area (Å²) in [6, 6.07) is 0. The molecule has 5 rings (SSSR count).